The molecule has 4 nitrogen and oxygen atoms in total. The second-order valence-corrected chi connectivity index (χ2v) is 5.83. The minimum Gasteiger partial charge on any atom is -0.409 e. The zero-order valence-corrected chi connectivity index (χ0v) is 12.5. The van der Waals surface area contributed by atoms with Crippen LogP contribution in [0.25, 0.3) is 0 Å². The number of nitrogens with two attached hydrogens (primary N) is 1. The Balaban J connectivity index is 2.57. The molecule has 0 aliphatic carbocycles. The summed E-state index contributed by atoms with van der Waals surface area (Å²) in [6, 6.07) is 4.59. The number of rotatable bonds is 5. The molecule has 1 aromatic rings. The predicted molar refractivity (Wildman–Crippen MR) is 79.4 cm³/mol. The van der Waals surface area contributed by atoms with Crippen LogP contribution >= 0.6 is 22.6 Å². The fourth-order valence-electron chi connectivity index (χ4n) is 1.41. The van der Waals surface area contributed by atoms with Gasteiger partial charge in [-0.1, -0.05) is 19.0 Å². The van der Waals surface area contributed by atoms with E-state index in [4.69, 9.17) is 10.9 Å². The van der Waals surface area contributed by atoms with Crippen LogP contribution in [0.2, 0.25) is 0 Å². The van der Waals surface area contributed by atoms with E-state index in [0.29, 0.717) is 13.0 Å². The Hall–Kier alpha value is -1.05. The maximum absolute atomic E-state index is 12.9. The average molecular weight is 365 g/mol. The summed E-state index contributed by atoms with van der Waals surface area (Å²) in [4.78, 5) is 0. The molecule has 0 unspecified atom stereocenters. The Labute approximate surface area is 120 Å². The summed E-state index contributed by atoms with van der Waals surface area (Å²) in [7, 11) is 0. The number of hydrogen-bond acceptors (Lipinski definition) is 3. The van der Waals surface area contributed by atoms with Crippen LogP contribution in [0.5, 0.6) is 0 Å². The van der Waals surface area contributed by atoms with E-state index < -0.39 is 0 Å². The third-order valence-electron chi connectivity index (χ3n) is 2.80. The van der Waals surface area contributed by atoms with Crippen molar-refractivity contribution in [2.75, 3.05) is 11.9 Å². The minimum absolute atomic E-state index is 0.207. The molecule has 0 aliphatic heterocycles. The normalized spacial score (nSPS) is 12.6. The topological polar surface area (TPSA) is 70.6 Å². The van der Waals surface area contributed by atoms with Gasteiger partial charge in [0.25, 0.3) is 0 Å². The van der Waals surface area contributed by atoms with Gasteiger partial charge in [-0.2, -0.15) is 0 Å². The standard InChI is InChI=1S/C12H17FIN3O/c1-12(2,11(15)17-18)5-6-16-10-4-3-8(13)7-9(10)14/h3-4,7,16,18H,5-6H2,1-2H3,(H2,15,17). The molecule has 0 radical (unpaired) electrons. The van der Waals surface area contributed by atoms with E-state index in [1.807, 2.05) is 13.8 Å². The lowest BCUT2D eigenvalue weighted by Gasteiger charge is -2.23. The molecule has 0 atom stereocenters. The molecule has 4 N–H and O–H groups in total. The summed E-state index contributed by atoms with van der Waals surface area (Å²) in [6.45, 7) is 4.46. The Morgan fingerprint density at radius 1 is 1.56 bits per heavy atom. The van der Waals surface area contributed by atoms with Gasteiger partial charge in [-0.3, -0.25) is 0 Å². The van der Waals surface area contributed by atoms with Crippen molar-refractivity contribution in [3.05, 3.63) is 27.6 Å². The molecular formula is C12H17FIN3O. The monoisotopic (exact) mass is 365 g/mol. The molecule has 0 bridgehead atoms. The van der Waals surface area contributed by atoms with Gasteiger partial charge in [-0.15, -0.1) is 0 Å². The molecule has 1 aromatic carbocycles. The van der Waals surface area contributed by atoms with E-state index in [-0.39, 0.29) is 17.1 Å². The number of amidine groups is 1. The van der Waals surface area contributed by atoms with Crippen molar-refractivity contribution >= 4 is 34.1 Å². The lowest BCUT2D eigenvalue weighted by Crippen LogP contribution is -2.33. The number of nitrogens with one attached hydrogen (secondary N) is 1. The Morgan fingerprint density at radius 3 is 2.78 bits per heavy atom. The molecule has 0 spiro atoms. The number of benzene rings is 1. The van der Waals surface area contributed by atoms with Crippen molar-refractivity contribution < 1.29 is 9.60 Å². The Morgan fingerprint density at radius 2 is 2.22 bits per heavy atom. The first kappa shape index (κ1) is 15.0. The van der Waals surface area contributed by atoms with Gasteiger partial charge in [0.2, 0.25) is 0 Å². The molecular weight excluding hydrogens is 348 g/mol. The van der Waals surface area contributed by atoms with Crippen LogP contribution in [0.15, 0.2) is 23.4 Å². The van der Waals surface area contributed by atoms with E-state index in [0.717, 1.165) is 9.26 Å². The SMILES string of the molecule is CC(C)(CCNc1ccc(F)cc1I)C(N)=NO. The van der Waals surface area contributed by atoms with Gasteiger partial charge in [0.1, 0.15) is 11.7 Å². The number of anilines is 1. The average Bonchev–Trinajstić information content (AvgIpc) is 2.30. The van der Waals surface area contributed by atoms with Crippen molar-refractivity contribution in [2.24, 2.45) is 16.3 Å². The highest BCUT2D eigenvalue weighted by Gasteiger charge is 2.22. The highest BCUT2D eigenvalue weighted by atomic mass is 127. The molecule has 0 amide bonds. The lowest BCUT2D eigenvalue weighted by molar-refractivity contribution is 0.306. The summed E-state index contributed by atoms with van der Waals surface area (Å²) in [5.41, 5.74) is 6.10. The van der Waals surface area contributed by atoms with Crippen LogP contribution in [0, 0.1) is 14.8 Å². The predicted octanol–water partition coefficient (Wildman–Crippen LogP) is 3.00. The largest absolute Gasteiger partial charge is 0.409 e. The molecule has 0 heterocycles. The first-order chi connectivity index (χ1) is 8.36. The van der Waals surface area contributed by atoms with E-state index in [1.165, 1.54) is 12.1 Å². The van der Waals surface area contributed by atoms with Crippen molar-refractivity contribution in [2.45, 2.75) is 20.3 Å². The molecule has 0 aromatic heterocycles. The van der Waals surface area contributed by atoms with Crippen molar-refractivity contribution in [1.82, 2.24) is 0 Å². The van der Waals surface area contributed by atoms with E-state index in [2.05, 4.69) is 33.1 Å². The van der Waals surface area contributed by atoms with Gasteiger partial charge < -0.3 is 16.3 Å². The summed E-state index contributed by atoms with van der Waals surface area (Å²) in [6.07, 6.45) is 0.705. The zero-order chi connectivity index (χ0) is 13.8. The molecule has 6 heteroatoms. The quantitative estimate of drug-likeness (QED) is 0.247. The molecule has 1 rings (SSSR count). The van der Waals surface area contributed by atoms with Gasteiger partial charge in [0.15, 0.2) is 0 Å². The van der Waals surface area contributed by atoms with Crippen LogP contribution in [0.3, 0.4) is 0 Å². The summed E-state index contributed by atoms with van der Waals surface area (Å²) >= 11 is 2.08. The van der Waals surface area contributed by atoms with Crippen molar-refractivity contribution in [3.63, 3.8) is 0 Å². The van der Waals surface area contributed by atoms with Gasteiger partial charge in [0, 0.05) is 21.2 Å². The second-order valence-electron chi connectivity index (χ2n) is 4.67. The first-order valence-electron chi connectivity index (χ1n) is 5.54. The summed E-state index contributed by atoms with van der Waals surface area (Å²) in [5, 5.41) is 14.9. The van der Waals surface area contributed by atoms with Gasteiger partial charge in [-0.25, -0.2) is 4.39 Å². The number of halogens is 2. The third kappa shape index (κ3) is 4.01. The van der Waals surface area contributed by atoms with Gasteiger partial charge in [-0.05, 0) is 47.2 Å². The number of hydrogen-bond donors (Lipinski definition) is 3. The van der Waals surface area contributed by atoms with Crippen molar-refractivity contribution in [1.29, 1.82) is 0 Å². The highest BCUT2D eigenvalue weighted by Crippen LogP contribution is 2.23. The molecule has 0 aliphatic rings. The maximum atomic E-state index is 12.9. The molecule has 0 saturated carbocycles. The number of nitrogens with zero attached hydrogens (tertiary/aromatic N) is 1. The smallest absolute Gasteiger partial charge is 0.144 e. The van der Waals surface area contributed by atoms with Crippen LogP contribution in [-0.2, 0) is 0 Å². The van der Waals surface area contributed by atoms with Crippen molar-refractivity contribution in [3.8, 4) is 0 Å². The van der Waals surface area contributed by atoms with Crippen LogP contribution in [0.4, 0.5) is 10.1 Å². The number of oxime groups is 1. The van der Waals surface area contributed by atoms with Gasteiger partial charge >= 0.3 is 0 Å². The second kappa shape index (κ2) is 6.21. The lowest BCUT2D eigenvalue weighted by atomic mass is 9.88. The van der Waals surface area contributed by atoms with Crippen LogP contribution in [0.1, 0.15) is 20.3 Å². The minimum atomic E-state index is -0.382. The van der Waals surface area contributed by atoms with Gasteiger partial charge in [0.05, 0.1) is 0 Å². The first-order valence-corrected chi connectivity index (χ1v) is 6.61. The fourth-order valence-corrected chi connectivity index (χ4v) is 2.07. The van der Waals surface area contributed by atoms with E-state index in [1.54, 1.807) is 6.07 Å². The Kier molecular flexibility index (Phi) is 5.18. The van der Waals surface area contributed by atoms with Crippen LogP contribution in [-0.4, -0.2) is 17.6 Å². The van der Waals surface area contributed by atoms with Crippen LogP contribution < -0.4 is 11.1 Å². The molecule has 100 valence electrons. The Bertz CT molecular complexity index is 449. The maximum Gasteiger partial charge on any atom is 0.144 e. The third-order valence-corrected chi connectivity index (χ3v) is 3.69. The molecule has 0 saturated heterocycles. The fraction of sp³-hybridized carbons (Fsp3) is 0.417. The van der Waals surface area contributed by atoms with E-state index >= 15 is 0 Å². The highest BCUT2D eigenvalue weighted by molar-refractivity contribution is 14.1. The summed E-state index contributed by atoms with van der Waals surface area (Å²) in [5.74, 6) is -0.0416. The summed E-state index contributed by atoms with van der Waals surface area (Å²) < 4.78 is 13.7. The molecule has 18 heavy (non-hydrogen) atoms. The zero-order valence-electron chi connectivity index (χ0n) is 10.4. The molecule has 0 fully saturated rings. The van der Waals surface area contributed by atoms with E-state index in [9.17, 15) is 4.39 Å².